The van der Waals surface area contributed by atoms with Gasteiger partial charge >= 0.3 is 0 Å². The lowest BCUT2D eigenvalue weighted by atomic mass is 10.2. The van der Waals surface area contributed by atoms with Crippen molar-refractivity contribution in [3.8, 4) is 11.5 Å². The maximum Gasteiger partial charge on any atom is 0.130 e. The zero-order chi connectivity index (χ0) is 13.2. The molecule has 2 aromatic rings. The fourth-order valence-corrected chi connectivity index (χ4v) is 1.29. The van der Waals surface area contributed by atoms with E-state index < -0.39 is 0 Å². The van der Waals surface area contributed by atoms with Crippen LogP contribution in [0.3, 0.4) is 0 Å². The van der Waals surface area contributed by atoms with Gasteiger partial charge in [-0.05, 0) is 30.7 Å². The lowest BCUT2D eigenvalue weighted by Gasteiger charge is -2.07. The molecule has 0 N–H and O–H groups in total. The summed E-state index contributed by atoms with van der Waals surface area (Å²) in [6.45, 7) is 6.40. The van der Waals surface area contributed by atoms with Gasteiger partial charge in [0.2, 0.25) is 0 Å². The summed E-state index contributed by atoms with van der Waals surface area (Å²) in [6.07, 6.45) is 2.64. The highest BCUT2D eigenvalue weighted by Crippen LogP contribution is 2.23. The smallest absolute Gasteiger partial charge is 0.130 e. The van der Waals surface area contributed by atoms with Crippen LogP contribution < -0.4 is 4.74 Å². The summed E-state index contributed by atoms with van der Waals surface area (Å²) in [4.78, 5) is 0. The minimum Gasteiger partial charge on any atom is -0.457 e. The minimum atomic E-state index is 0.877. The normalized spacial score (nSPS) is 9.28. The van der Waals surface area contributed by atoms with Crippen molar-refractivity contribution in [2.75, 3.05) is 0 Å². The molecule has 0 aromatic heterocycles. The zero-order valence-electron chi connectivity index (χ0n) is 11.5. The third kappa shape index (κ3) is 5.05. The highest BCUT2D eigenvalue weighted by molar-refractivity contribution is 5.36. The number of para-hydroxylation sites is 2. The van der Waals surface area contributed by atoms with Crippen LogP contribution in [0.15, 0.2) is 54.6 Å². The molecule has 0 radical (unpaired) electrons. The van der Waals surface area contributed by atoms with Crippen LogP contribution in [0.25, 0.3) is 0 Å². The fourth-order valence-electron chi connectivity index (χ4n) is 1.29. The molecule has 96 valence electrons. The van der Waals surface area contributed by atoms with E-state index in [9.17, 15) is 0 Å². The Kier molecular flexibility index (Phi) is 6.63. The molecule has 0 saturated heterocycles. The van der Waals surface area contributed by atoms with Gasteiger partial charge in [-0.1, -0.05) is 63.1 Å². The Bertz CT molecular complexity index is 432. The fraction of sp³-hybridized carbons (Fsp3) is 0.294. The molecule has 0 atom stereocenters. The third-order valence-corrected chi connectivity index (χ3v) is 2.56. The first kappa shape index (κ1) is 14.3. The number of ether oxygens (including phenoxy) is 1. The standard InChI is InChI=1S/C13H12O.C4H10/c1-11-7-5-6-10-13(11)14-12-8-3-2-4-9-12;1-3-4-2/h2-10H,1H3;3-4H2,1-2H3. The number of aryl methyl sites for hydroxylation is 1. The molecule has 2 aromatic carbocycles. The first-order chi connectivity index (χ1) is 8.77. The van der Waals surface area contributed by atoms with Crippen molar-refractivity contribution in [1.82, 2.24) is 0 Å². The predicted octanol–water partition coefficient (Wildman–Crippen LogP) is 5.59. The Balaban J connectivity index is 0.000000357. The molecular formula is C17H22O. The summed E-state index contributed by atoms with van der Waals surface area (Å²) < 4.78 is 5.71. The Morgan fingerprint density at radius 2 is 1.33 bits per heavy atom. The number of rotatable bonds is 3. The number of hydrogen-bond donors (Lipinski definition) is 0. The second-order valence-corrected chi connectivity index (χ2v) is 4.18. The molecule has 0 bridgehead atoms. The molecule has 1 heteroatoms. The maximum atomic E-state index is 5.71. The van der Waals surface area contributed by atoms with Gasteiger partial charge < -0.3 is 4.74 Å². The van der Waals surface area contributed by atoms with Gasteiger partial charge in [0.1, 0.15) is 11.5 Å². The van der Waals surface area contributed by atoms with Gasteiger partial charge in [0.15, 0.2) is 0 Å². The van der Waals surface area contributed by atoms with Gasteiger partial charge in [-0.2, -0.15) is 0 Å². The first-order valence-electron chi connectivity index (χ1n) is 6.56. The van der Waals surface area contributed by atoms with Crippen molar-refractivity contribution in [3.63, 3.8) is 0 Å². The average molecular weight is 242 g/mol. The Hall–Kier alpha value is -1.76. The first-order valence-corrected chi connectivity index (χ1v) is 6.56. The number of benzene rings is 2. The molecule has 18 heavy (non-hydrogen) atoms. The Labute approximate surface area is 110 Å². The molecule has 1 nitrogen and oxygen atoms in total. The molecular weight excluding hydrogens is 220 g/mol. The van der Waals surface area contributed by atoms with Crippen LogP contribution in [0, 0.1) is 6.92 Å². The van der Waals surface area contributed by atoms with E-state index in [0.717, 1.165) is 17.1 Å². The van der Waals surface area contributed by atoms with Gasteiger partial charge in [0.25, 0.3) is 0 Å². The van der Waals surface area contributed by atoms with E-state index in [4.69, 9.17) is 4.74 Å². The second-order valence-electron chi connectivity index (χ2n) is 4.18. The minimum absolute atomic E-state index is 0.877. The van der Waals surface area contributed by atoms with Crippen LogP contribution in [0.2, 0.25) is 0 Å². The van der Waals surface area contributed by atoms with Gasteiger partial charge in [0, 0.05) is 0 Å². The molecule has 0 aliphatic rings. The average Bonchev–Trinajstić information content (AvgIpc) is 2.43. The summed E-state index contributed by atoms with van der Waals surface area (Å²) in [6, 6.07) is 17.8. The van der Waals surface area contributed by atoms with E-state index in [1.165, 1.54) is 12.8 Å². The van der Waals surface area contributed by atoms with Crippen molar-refractivity contribution in [1.29, 1.82) is 0 Å². The van der Waals surface area contributed by atoms with Crippen molar-refractivity contribution in [2.45, 2.75) is 33.6 Å². The van der Waals surface area contributed by atoms with E-state index in [1.807, 2.05) is 61.5 Å². The monoisotopic (exact) mass is 242 g/mol. The van der Waals surface area contributed by atoms with Crippen LogP contribution in [-0.4, -0.2) is 0 Å². The third-order valence-electron chi connectivity index (χ3n) is 2.56. The SMILES string of the molecule is CCCC.Cc1ccccc1Oc1ccccc1. The van der Waals surface area contributed by atoms with Crippen molar-refractivity contribution in [2.24, 2.45) is 0 Å². The van der Waals surface area contributed by atoms with E-state index in [1.54, 1.807) is 0 Å². The quantitative estimate of drug-likeness (QED) is 0.681. The summed E-state index contributed by atoms with van der Waals surface area (Å²) in [5, 5.41) is 0. The van der Waals surface area contributed by atoms with Crippen LogP contribution in [-0.2, 0) is 0 Å². The number of hydrogen-bond acceptors (Lipinski definition) is 1. The lowest BCUT2D eigenvalue weighted by molar-refractivity contribution is 0.479. The molecule has 0 unspecified atom stereocenters. The summed E-state index contributed by atoms with van der Waals surface area (Å²) in [5.74, 6) is 1.79. The van der Waals surface area contributed by atoms with Crippen molar-refractivity contribution < 1.29 is 4.74 Å². The summed E-state index contributed by atoms with van der Waals surface area (Å²) in [7, 11) is 0. The molecule has 0 amide bonds. The van der Waals surface area contributed by atoms with E-state index in [-0.39, 0.29) is 0 Å². The van der Waals surface area contributed by atoms with Crippen molar-refractivity contribution >= 4 is 0 Å². The lowest BCUT2D eigenvalue weighted by Crippen LogP contribution is -1.85. The van der Waals surface area contributed by atoms with E-state index in [2.05, 4.69) is 13.8 Å². The van der Waals surface area contributed by atoms with Gasteiger partial charge in [-0.25, -0.2) is 0 Å². The zero-order valence-corrected chi connectivity index (χ0v) is 11.5. The molecule has 0 spiro atoms. The molecule has 0 fully saturated rings. The second kappa shape index (κ2) is 8.35. The molecule has 0 aliphatic carbocycles. The van der Waals surface area contributed by atoms with Gasteiger partial charge in [0.05, 0.1) is 0 Å². The Morgan fingerprint density at radius 3 is 1.89 bits per heavy atom. The maximum absolute atomic E-state index is 5.71. The Morgan fingerprint density at radius 1 is 0.778 bits per heavy atom. The highest BCUT2D eigenvalue weighted by atomic mass is 16.5. The highest BCUT2D eigenvalue weighted by Gasteiger charge is 1.98. The van der Waals surface area contributed by atoms with Crippen LogP contribution >= 0.6 is 0 Å². The van der Waals surface area contributed by atoms with Crippen LogP contribution in [0.5, 0.6) is 11.5 Å². The predicted molar refractivity (Wildman–Crippen MR) is 78.3 cm³/mol. The van der Waals surface area contributed by atoms with E-state index in [0.29, 0.717) is 0 Å². The van der Waals surface area contributed by atoms with Gasteiger partial charge in [-0.3, -0.25) is 0 Å². The van der Waals surface area contributed by atoms with E-state index >= 15 is 0 Å². The summed E-state index contributed by atoms with van der Waals surface area (Å²) >= 11 is 0. The molecule has 2 rings (SSSR count). The molecule has 0 heterocycles. The summed E-state index contributed by atoms with van der Waals surface area (Å²) in [5.41, 5.74) is 1.15. The van der Waals surface area contributed by atoms with Crippen LogP contribution in [0.1, 0.15) is 32.3 Å². The molecule has 0 saturated carbocycles. The van der Waals surface area contributed by atoms with Gasteiger partial charge in [-0.15, -0.1) is 0 Å². The largest absolute Gasteiger partial charge is 0.457 e. The molecule has 0 aliphatic heterocycles. The van der Waals surface area contributed by atoms with Crippen molar-refractivity contribution in [3.05, 3.63) is 60.2 Å². The topological polar surface area (TPSA) is 9.23 Å². The number of unbranched alkanes of at least 4 members (excludes halogenated alkanes) is 1. The van der Waals surface area contributed by atoms with Crippen LogP contribution in [0.4, 0.5) is 0 Å².